The fourth-order valence-corrected chi connectivity index (χ4v) is 1.42. The zero-order valence-electron chi connectivity index (χ0n) is 10.5. The highest BCUT2D eigenvalue weighted by atomic mass is 16.3. The van der Waals surface area contributed by atoms with Crippen molar-refractivity contribution in [2.45, 2.75) is 32.3 Å². The Balaban J connectivity index is 2.59. The molecule has 0 aliphatic rings. The zero-order chi connectivity index (χ0) is 13.1. The van der Waals surface area contributed by atoms with E-state index in [-0.39, 0.29) is 12.0 Å². The van der Waals surface area contributed by atoms with Crippen molar-refractivity contribution < 1.29 is 14.3 Å². The maximum atomic E-state index is 11.4. The number of rotatable bonds is 5. The molecule has 1 rings (SSSR count). The number of nitrogens with two attached hydrogens (primary N) is 1. The van der Waals surface area contributed by atoms with E-state index in [0.717, 1.165) is 11.5 Å². The van der Waals surface area contributed by atoms with Gasteiger partial charge in [0.1, 0.15) is 17.6 Å². The van der Waals surface area contributed by atoms with Crippen LogP contribution in [0.25, 0.3) is 0 Å². The predicted molar refractivity (Wildman–Crippen MR) is 64.5 cm³/mol. The molecule has 5 heteroatoms. The molecule has 1 amide bonds. The zero-order valence-corrected chi connectivity index (χ0v) is 10.5. The predicted octanol–water partition coefficient (Wildman–Crippen LogP) is 0.301. The fourth-order valence-electron chi connectivity index (χ4n) is 1.42. The summed E-state index contributed by atoms with van der Waals surface area (Å²) in [6.45, 7) is 6.10. The highest BCUT2D eigenvalue weighted by Crippen LogP contribution is 2.24. The van der Waals surface area contributed by atoms with Crippen molar-refractivity contribution in [1.82, 2.24) is 5.32 Å². The first kappa shape index (κ1) is 13.7. The molecule has 5 nitrogen and oxygen atoms in total. The lowest BCUT2D eigenvalue weighted by atomic mass is 9.90. The average Bonchev–Trinajstić information content (AvgIpc) is 2.72. The molecule has 1 unspecified atom stereocenters. The molecule has 0 spiro atoms. The highest BCUT2D eigenvalue weighted by molar-refractivity contribution is 5.80. The quantitative estimate of drug-likeness (QED) is 0.690. The summed E-state index contributed by atoms with van der Waals surface area (Å²) in [7, 11) is 0. The Kier molecular flexibility index (Phi) is 4.31. The molecule has 4 N–H and O–H groups in total. The summed E-state index contributed by atoms with van der Waals surface area (Å²) in [5.74, 6) is 1.18. The molecule has 0 radical (unpaired) electrons. The molecule has 0 bridgehead atoms. The number of hydrogen-bond acceptors (Lipinski definition) is 4. The van der Waals surface area contributed by atoms with Crippen molar-refractivity contribution in [3.05, 3.63) is 23.7 Å². The van der Waals surface area contributed by atoms with E-state index in [1.54, 1.807) is 0 Å². The van der Waals surface area contributed by atoms with Crippen LogP contribution in [0.15, 0.2) is 16.5 Å². The first-order valence-electron chi connectivity index (χ1n) is 5.59. The third kappa shape index (κ3) is 3.57. The number of nitrogens with one attached hydrogen (secondary N) is 1. The van der Waals surface area contributed by atoms with Gasteiger partial charge in [0.2, 0.25) is 5.91 Å². The third-order valence-corrected chi connectivity index (χ3v) is 2.64. The van der Waals surface area contributed by atoms with Crippen LogP contribution in [0.3, 0.4) is 0 Å². The molecule has 0 aliphatic carbocycles. The van der Waals surface area contributed by atoms with E-state index < -0.39 is 12.0 Å². The van der Waals surface area contributed by atoms with Gasteiger partial charge in [-0.05, 0) is 19.1 Å². The van der Waals surface area contributed by atoms with Crippen molar-refractivity contribution in [3.63, 3.8) is 0 Å². The fraction of sp³-hybridized carbons (Fsp3) is 0.583. The summed E-state index contributed by atoms with van der Waals surface area (Å²) < 4.78 is 5.53. The molecule has 0 aliphatic heterocycles. The summed E-state index contributed by atoms with van der Waals surface area (Å²) in [5, 5.41) is 11.9. The van der Waals surface area contributed by atoms with Gasteiger partial charge in [-0.1, -0.05) is 13.8 Å². The lowest BCUT2D eigenvalue weighted by Crippen LogP contribution is -2.44. The smallest absolute Gasteiger partial charge is 0.250 e. The minimum atomic E-state index is -1.15. The molecule has 1 atom stereocenters. The normalized spacial score (nSPS) is 13.5. The maximum Gasteiger partial charge on any atom is 0.250 e. The molecule has 0 aromatic carbocycles. The first-order valence-corrected chi connectivity index (χ1v) is 5.59. The summed E-state index contributed by atoms with van der Waals surface area (Å²) in [5.41, 5.74) is 4.88. The second kappa shape index (κ2) is 5.33. The van der Waals surface area contributed by atoms with E-state index in [0.29, 0.717) is 6.54 Å². The summed E-state index contributed by atoms with van der Waals surface area (Å²) in [6, 6.07) is 3.77. The van der Waals surface area contributed by atoms with Crippen molar-refractivity contribution in [2.75, 3.05) is 13.1 Å². The first-order chi connectivity index (χ1) is 7.86. The van der Waals surface area contributed by atoms with E-state index in [4.69, 9.17) is 10.2 Å². The van der Waals surface area contributed by atoms with Crippen LogP contribution in [0, 0.1) is 6.92 Å². The Labute approximate surface area is 101 Å². The van der Waals surface area contributed by atoms with Crippen molar-refractivity contribution >= 4 is 5.91 Å². The summed E-state index contributed by atoms with van der Waals surface area (Å²) in [6.07, 6.45) is -1.15. The van der Waals surface area contributed by atoms with Gasteiger partial charge in [0, 0.05) is 18.5 Å². The Hall–Kier alpha value is -1.33. The summed E-state index contributed by atoms with van der Waals surface area (Å²) in [4.78, 5) is 11.4. The SMILES string of the molecule is Cc1ccc(C(C)(C)CNC(=O)C(O)CN)o1. The van der Waals surface area contributed by atoms with Gasteiger partial charge in [-0.15, -0.1) is 0 Å². The van der Waals surface area contributed by atoms with Crippen LogP contribution in [-0.2, 0) is 10.2 Å². The molecule has 96 valence electrons. The number of furan rings is 1. The monoisotopic (exact) mass is 240 g/mol. The number of aryl methyl sites for hydroxylation is 1. The van der Waals surface area contributed by atoms with E-state index in [1.807, 2.05) is 32.9 Å². The highest BCUT2D eigenvalue weighted by Gasteiger charge is 2.26. The Morgan fingerprint density at radius 3 is 2.71 bits per heavy atom. The van der Waals surface area contributed by atoms with Crippen LogP contribution >= 0.6 is 0 Å². The number of amides is 1. The molecule has 0 saturated carbocycles. The van der Waals surface area contributed by atoms with Crippen LogP contribution < -0.4 is 11.1 Å². The average molecular weight is 240 g/mol. The molecule has 0 saturated heterocycles. The molecule has 1 aromatic rings. The number of aliphatic hydroxyl groups excluding tert-OH is 1. The number of hydrogen-bond donors (Lipinski definition) is 3. The maximum absolute atomic E-state index is 11.4. The Morgan fingerprint density at radius 2 is 2.24 bits per heavy atom. The van der Waals surface area contributed by atoms with Crippen LogP contribution in [0.2, 0.25) is 0 Å². The van der Waals surface area contributed by atoms with Gasteiger partial charge in [0.15, 0.2) is 0 Å². The topological polar surface area (TPSA) is 88.5 Å². The van der Waals surface area contributed by atoms with E-state index in [2.05, 4.69) is 5.32 Å². The van der Waals surface area contributed by atoms with Crippen LogP contribution in [0.5, 0.6) is 0 Å². The van der Waals surface area contributed by atoms with Gasteiger partial charge in [-0.3, -0.25) is 4.79 Å². The van der Waals surface area contributed by atoms with Crippen molar-refractivity contribution in [3.8, 4) is 0 Å². The van der Waals surface area contributed by atoms with E-state index >= 15 is 0 Å². The molecule has 17 heavy (non-hydrogen) atoms. The number of carbonyl (C=O) groups excluding carboxylic acids is 1. The lowest BCUT2D eigenvalue weighted by Gasteiger charge is -2.23. The largest absolute Gasteiger partial charge is 0.466 e. The Morgan fingerprint density at radius 1 is 1.59 bits per heavy atom. The van der Waals surface area contributed by atoms with Crippen LogP contribution in [0.1, 0.15) is 25.4 Å². The third-order valence-electron chi connectivity index (χ3n) is 2.64. The molecular weight excluding hydrogens is 220 g/mol. The van der Waals surface area contributed by atoms with E-state index in [1.165, 1.54) is 0 Å². The minimum Gasteiger partial charge on any atom is -0.466 e. The summed E-state index contributed by atoms with van der Waals surface area (Å²) >= 11 is 0. The van der Waals surface area contributed by atoms with Gasteiger partial charge >= 0.3 is 0 Å². The van der Waals surface area contributed by atoms with Gasteiger partial charge in [-0.25, -0.2) is 0 Å². The number of aliphatic hydroxyl groups is 1. The molecule has 1 heterocycles. The minimum absolute atomic E-state index is 0.0773. The van der Waals surface area contributed by atoms with Crippen LogP contribution in [-0.4, -0.2) is 30.2 Å². The number of carbonyl (C=O) groups is 1. The van der Waals surface area contributed by atoms with Gasteiger partial charge in [0.05, 0.1) is 0 Å². The second-order valence-electron chi connectivity index (χ2n) is 4.76. The van der Waals surface area contributed by atoms with Crippen molar-refractivity contribution in [2.24, 2.45) is 5.73 Å². The van der Waals surface area contributed by atoms with Crippen molar-refractivity contribution in [1.29, 1.82) is 0 Å². The Bertz CT molecular complexity index is 385. The van der Waals surface area contributed by atoms with E-state index in [9.17, 15) is 9.90 Å². The molecule has 0 fully saturated rings. The van der Waals surface area contributed by atoms with Gasteiger partial charge < -0.3 is 20.6 Å². The van der Waals surface area contributed by atoms with Gasteiger partial charge in [0.25, 0.3) is 0 Å². The standard InChI is InChI=1S/C12H20N2O3/c1-8-4-5-10(17-8)12(2,3)7-14-11(16)9(15)6-13/h4-5,9,15H,6-7,13H2,1-3H3,(H,14,16). The lowest BCUT2D eigenvalue weighted by molar-refractivity contribution is -0.129. The second-order valence-corrected chi connectivity index (χ2v) is 4.76. The van der Waals surface area contributed by atoms with Gasteiger partial charge in [-0.2, -0.15) is 0 Å². The van der Waals surface area contributed by atoms with Crippen LogP contribution in [0.4, 0.5) is 0 Å². The molecule has 1 aromatic heterocycles. The molecular formula is C12H20N2O3.